The van der Waals surface area contributed by atoms with Gasteiger partial charge in [-0.15, -0.1) is 0 Å². The Balaban J connectivity index is 2.51. The van der Waals surface area contributed by atoms with Gasteiger partial charge in [-0.1, -0.05) is 38.9 Å². The lowest BCUT2D eigenvalue weighted by Gasteiger charge is -2.26. The van der Waals surface area contributed by atoms with E-state index in [1.807, 2.05) is 6.92 Å². The largest absolute Gasteiger partial charge is 0.393 e. The van der Waals surface area contributed by atoms with Crippen LogP contribution in [0.1, 0.15) is 52.4 Å². The van der Waals surface area contributed by atoms with Crippen molar-refractivity contribution in [1.29, 1.82) is 0 Å². The zero-order valence-corrected chi connectivity index (χ0v) is 11.0. The maximum atomic E-state index is 12.1. The van der Waals surface area contributed by atoms with E-state index in [2.05, 4.69) is 12.2 Å². The normalized spacial score (nSPS) is 20.4. The van der Waals surface area contributed by atoms with Gasteiger partial charge < -0.3 is 11.1 Å². The first-order chi connectivity index (χ1) is 7.48. The lowest BCUT2D eigenvalue weighted by molar-refractivity contribution is -0.130. The van der Waals surface area contributed by atoms with Crippen LogP contribution >= 0.6 is 12.2 Å². The third kappa shape index (κ3) is 3.44. The van der Waals surface area contributed by atoms with E-state index in [0.717, 1.165) is 32.1 Å². The Hall–Kier alpha value is -0.640. The van der Waals surface area contributed by atoms with Gasteiger partial charge in [-0.05, 0) is 19.3 Å². The van der Waals surface area contributed by atoms with E-state index >= 15 is 0 Å². The minimum Gasteiger partial charge on any atom is -0.393 e. The first-order valence-electron chi connectivity index (χ1n) is 6.07. The summed E-state index contributed by atoms with van der Waals surface area (Å²) in [5.74, 6) is 0.174. The fourth-order valence-electron chi connectivity index (χ4n) is 2.28. The molecule has 0 aromatic heterocycles. The predicted molar refractivity (Wildman–Crippen MR) is 70.2 cm³/mol. The number of thiocarbonyl (C=S) groups is 1. The quantitative estimate of drug-likeness (QED) is 0.726. The lowest BCUT2D eigenvalue weighted by Crippen LogP contribution is -2.44. The maximum Gasteiger partial charge on any atom is 0.226 e. The van der Waals surface area contributed by atoms with Gasteiger partial charge in [-0.3, -0.25) is 4.79 Å². The molecule has 1 fully saturated rings. The predicted octanol–water partition coefficient (Wildman–Crippen LogP) is 2.14. The fourth-order valence-corrected chi connectivity index (χ4v) is 2.48. The van der Waals surface area contributed by atoms with Gasteiger partial charge in [0.1, 0.15) is 0 Å². The number of rotatable bonds is 5. The van der Waals surface area contributed by atoms with Crippen molar-refractivity contribution in [1.82, 2.24) is 5.32 Å². The Morgan fingerprint density at radius 2 is 2.06 bits per heavy atom. The molecular formula is C12H22N2OS. The topological polar surface area (TPSA) is 55.1 Å². The second-order valence-corrected chi connectivity index (χ2v) is 5.54. The smallest absolute Gasteiger partial charge is 0.226 e. The molecule has 0 saturated heterocycles. The average Bonchev–Trinajstić information content (AvgIpc) is 2.64. The monoisotopic (exact) mass is 242 g/mol. The second kappa shape index (κ2) is 5.62. The molecule has 0 aromatic rings. The number of carbonyl (C=O) groups is 1. The third-order valence-electron chi connectivity index (χ3n) is 3.53. The van der Waals surface area contributed by atoms with Gasteiger partial charge in [0.2, 0.25) is 5.91 Å². The maximum absolute atomic E-state index is 12.1. The molecule has 4 heteroatoms. The molecule has 1 amide bonds. The van der Waals surface area contributed by atoms with Crippen LogP contribution in [0, 0.1) is 5.41 Å². The van der Waals surface area contributed by atoms with E-state index in [1.54, 1.807) is 0 Å². The molecule has 3 N–H and O–H groups in total. The lowest BCUT2D eigenvalue weighted by atomic mass is 9.87. The second-order valence-electron chi connectivity index (χ2n) is 5.02. The minimum absolute atomic E-state index is 0.0995. The number of amides is 1. The van der Waals surface area contributed by atoms with Crippen molar-refractivity contribution in [2.45, 2.75) is 58.4 Å². The van der Waals surface area contributed by atoms with E-state index in [4.69, 9.17) is 18.0 Å². The Bertz CT molecular complexity index is 272. The highest BCUT2D eigenvalue weighted by Gasteiger charge is 2.36. The van der Waals surface area contributed by atoms with Crippen LogP contribution in [-0.4, -0.2) is 16.9 Å². The highest BCUT2D eigenvalue weighted by molar-refractivity contribution is 7.80. The van der Waals surface area contributed by atoms with Crippen molar-refractivity contribution in [2.24, 2.45) is 11.1 Å². The molecule has 1 saturated carbocycles. The van der Waals surface area contributed by atoms with Crippen LogP contribution in [0.5, 0.6) is 0 Å². The summed E-state index contributed by atoms with van der Waals surface area (Å²) in [6, 6.07) is 0.0995. The molecule has 1 aliphatic carbocycles. The van der Waals surface area contributed by atoms with Crippen LogP contribution < -0.4 is 11.1 Å². The molecule has 0 spiro atoms. The van der Waals surface area contributed by atoms with Gasteiger partial charge in [0.15, 0.2) is 0 Å². The van der Waals surface area contributed by atoms with Crippen LogP contribution in [0.2, 0.25) is 0 Å². The Labute approximate surface area is 103 Å². The van der Waals surface area contributed by atoms with Crippen molar-refractivity contribution >= 4 is 23.1 Å². The van der Waals surface area contributed by atoms with Gasteiger partial charge >= 0.3 is 0 Å². The number of hydrogen-bond acceptors (Lipinski definition) is 2. The molecule has 1 unspecified atom stereocenters. The van der Waals surface area contributed by atoms with Gasteiger partial charge in [-0.25, -0.2) is 0 Å². The molecule has 1 atom stereocenters. The first kappa shape index (κ1) is 13.4. The van der Waals surface area contributed by atoms with Crippen molar-refractivity contribution in [2.75, 3.05) is 0 Å². The molecule has 92 valence electrons. The van der Waals surface area contributed by atoms with E-state index in [9.17, 15) is 4.79 Å². The summed E-state index contributed by atoms with van der Waals surface area (Å²) in [5, 5.41) is 3.07. The van der Waals surface area contributed by atoms with Crippen LogP contribution in [0.4, 0.5) is 0 Å². The zero-order valence-electron chi connectivity index (χ0n) is 10.2. The van der Waals surface area contributed by atoms with Crippen LogP contribution in [-0.2, 0) is 4.79 Å². The summed E-state index contributed by atoms with van der Waals surface area (Å²) < 4.78 is 0. The summed E-state index contributed by atoms with van der Waals surface area (Å²) in [6.45, 7) is 4.10. The average molecular weight is 242 g/mol. The number of nitrogens with two attached hydrogens (primary N) is 1. The van der Waals surface area contributed by atoms with E-state index in [1.165, 1.54) is 0 Å². The molecule has 0 aliphatic heterocycles. The van der Waals surface area contributed by atoms with Crippen LogP contribution in [0.25, 0.3) is 0 Å². The van der Waals surface area contributed by atoms with E-state index in [0.29, 0.717) is 11.4 Å². The summed E-state index contributed by atoms with van der Waals surface area (Å²) in [5.41, 5.74) is 5.35. The molecule has 1 aliphatic rings. The van der Waals surface area contributed by atoms with Crippen molar-refractivity contribution in [3.8, 4) is 0 Å². The molecule has 0 heterocycles. The molecule has 3 nitrogen and oxygen atoms in total. The van der Waals surface area contributed by atoms with E-state index < -0.39 is 0 Å². The van der Waals surface area contributed by atoms with Gasteiger partial charge in [-0.2, -0.15) is 0 Å². The van der Waals surface area contributed by atoms with Crippen molar-refractivity contribution in [3.05, 3.63) is 0 Å². The molecule has 1 rings (SSSR count). The Morgan fingerprint density at radius 1 is 1.50 bits per heavy atom. The van der Waals surface area contributed by atoms with Gasteiger partial charge in [0.25, 0.3) is 0 Å². The van der Waals surface area contributed by atoms with Crippen LogP contribution in [0.3, 0.4) is 0 Å². The van der Waals surface area contributed by atoms with E-state index in [-0.39, 0.29) is 17.4 Å². The standard InChI is InChI=1S/C12H22N2OS/c1-3-9(8-10(13)16)14-11(15)12(2)6-4-5-7-12/h9H,3-8H2,1-2H3,(H2,13,16)(H,14,15). The summed E-state index contributed by atoms with van der Waals surface area (Å²) in [4.78, 5) is 12.6. The summed E-state index contributed by atoms with van der Waals surface area (Å²) in [6.07, 6.45) is 5.81. The zero-order chi connectivity index (χ0) is 12.2. The number of hydrogen-bond donors (Lipinski definition) is 2. The third-order valence-corrected chi connectivity index (χ3v) is 3.70. The fraction of sp³-hybridized carbons (Fsp3) is 0.833. The summed E-state index contributed by atoms with van der Waals surface area (Å²) in [7, 11) is 0. The molecule has 0 bridgehead atoms. The highest BCUT2D eigenvalue weighted by atomic mass is 32.1. The molecule has 16 heavy (non-hydrogen) atoms. The first-order valence-corrected chi connectivity index (χ1v) is 6.48. The van der Waals surface area contributed by atoms with Crippen molar-refractivity contribution < 1.29 is 4.79 Å². The Kier molecular flexibility index (Phi) is 4.71. The van der Waals surface area contributed by atoms with Crippen LogP contribution in [0.15, 0.2) is 0 Å². The van der Waals surface area contributed by atoms with Crippen molar-refractivity contribution in [3.63, 3.8) is 0 Å². The van der Waals surface area contributed by atoms with Gasteiger partial charge in [0, 0.05) is 17.9 Å². The summed E-state index contributed by atoms with van der Waals surface area (Å²) >= 11 is 4.88. The molecule has 0 aromatic carbocycles. The molecular weight excluding hydrogens is 220 g/mol. The number of carbonyl (C=O) groups excluding carboxylic acids is 1. The Morgan fingerprint density at radius 3 is 2.50 bits per heavy atom. The molecule has 0 radical (unpaired) electrons. The highest BCUT2D eigenvalue weighted by Crippen LogP contribution is 2.37. The minimum atomic E-state index is -0.163. The van der Waals surface area contributed by atoms with Gasteiger partial charge in [0.05, 0.1) is 4.99 Å². The SMILES string of the molecule is CCC(CC(N)=S)NC(=O)C1(C)CCCC1. The number of nitrogens with one attached hydrogen (secondary N) is 1.